The molecule has 0 amide bonds. The van der Waals surface area contributed by atoms with Crippen LogP contribution in [0.5, 0.6) is 0 Å². The Hall–Kier alpha value is -1.43. The molecule has 3 heterocycles. The molecule has 0 N–H and O–H groups in total. The molecule has 2 fully saturated rings. The molecule has 1 aromatic heterocycles. The zero-order valence-corrected chi connectivity index (χ0v) is 16.7. The highest BCUT2D eigenvalue weighted by atomic mass is 32.2. The van der Waals surface area contributed by atoms with Gasteiger partial charge in [-0.15, -0.1) is 0 Å². The molecule has 0 bridgehead atoms. The number of rotatable bonds is 6. The Morgan fingerprint density at radius 3 is 2.21 bits per heavy atom. The summed E-state index contributed by atoms with van der Waals surface area (Å²) in [5.74, 6) is -5.62. The summed E-state index contributed by atoms with van der Waals surface area (Å²) < 4.78 is 73.8. The minimum Gasteiger partial charge on any atom is -0.379 e. The Morgan fingerprint density at radius 2 is 1.61 bits per heavy atom. The van der Waals surface area contributed by atoms with E-state index in [1.165, 1.54) is 4.90 Å². The Labute approximate surface area is 163 Å². The molecule has 0 radical (unpaired) electrons. The van der Waals surface area contributed by atoms with Gasteiger partial charge in [0.1, 0.15) is 4.90 Å². The topological polar surface area (TPSA) is 66.0 Å². The van der Waals surface area contributed by atoms with Crippen molar-refractivity contribution in [2.24, 2.45) is 0 Å². The second-order valence-electron chi connectivity index (χ2n) is 6.88. The third kappa shape index (κ3) is 4.58. The van der Waals surface area contributed by atoms with Gasteiger partial charge in [-0.3, -0.25) is 4.90 Å². The third-order valence-corrected chi connectivity index (χ3v) is 6.89. The molecule has 1 aromatic rings. The second kappa shape index (κ2) is 8.93. The van der Waals surface area contributed by atoms with Gasteiger partial charge in [-0.2, -0.15) is 9.37 Å². The van der Waals surface area contributed by atoms with Crippen LogP contribution in [0.4, 0.5) is 19.0 Å². The van der Waals surface area contributed by atoms with Crippen LogP contribution < -0.4 is 4.90 Å². The van der Waals surface area contributed by atoms with E-state index in [0.717, 1.165) is 6.54 Å². The van der Waals surface area contributed by atoms with Crippen LogP contribution in [0.15, 0.2) is 4.90 Å². The van der Waals surface area contributed by atoms with Gasteiger partial charge in [-0.05, 0) is 6.54 Å². The number of hydrogen-bond acceptors (Lipinski definition) is 7. The summed E-state index contributed by atoms with van der Waals surface area (Å²) in [6.45, 7) is 6.86. The summed E-state index contributed by atoms with van der Waals surface area (Å²) in [4.78, 5) is 7.56. The van der Waals surface area contributed by atoms with Crippen LogP contribution in [0.1, 0.15) is 6.92 Å². The average molecular weight is 422 g/mol. The summed E-state index contributed by atoms with van der Waals surface area (Å²) >= 11 is 0. The lowest BCUT2D eigenvalue weighted by molar-refractivity contribution is 0.0408. The van der Waals surface area contributed by atoms with Crippen LogP contribution in [0, 0.1) is 17.6 Å². The molecule has 7 nitrogen and oxygen atoms in total. The van der Waals surface area contributed by atoms with Crippen molar-refractivity contribution in [2.45, 2.75) is 11.8 Å². The van der Waals surface area contributed by atoms with E-state index in [-0.39, 0.29) is 6.54 Å². The molecule has 158 valence electrons. The van der Waals surface area contributed by atoms with Gasteiger partial charge in [0.05, 0.1) is 19.0 Å². The lowest BCUT2D eigenvalue weighted by Crippen LogP contribution is -2.47. The number of nitrogens with zero attached hydrogens (tertiary/aromatic N) is 4. The van der Waals surface area contributed by atoms with Gasteiger partial charge < -0.3 is 14.5 Å². The van der Waals surface area contributed by atoms with Crippen LogP contribution in [0.25, 0.3) is 0 Å². The molecular formula is C17H25F3N4O3S. The quantitative estimate of drug-likeness (QED) is 0.627. The number of hydrogen-bond donors (Lipinski definition) is 0. The fourth-order valence-corrected chi connectivity index (χ4v) is 4.84. The van der Waals surface area contributed by atoms with E-state index in [2.05, 4.69) is 9.88 Å². The van der Waals surface area contributed by atoms with E-state index in [9.17, 15) is 17.2 Å². The summed E-state index contributed by atoms with van der Waals surface area (Å²) in [5, 5.41) is 0. The number of morpholine rings is 1. The highest BCUT2D eigenvalue weighted by Gasteiger charge is 2.33. The smallest absolute Gasteiger partial charge is 0.252 e. The molecule has 0 atom stereocenters. The molecule has 2 aliphatic rings. The molecule has 0 spiro atoms. The fourth-order valence-electron chi connectivity index (χ4n) is 3.42. The first-order valence-corrected chi connectivity index (χ1v) is 11.0. The number of ether oxygens (including phenoxy) is 1. The molecule has 11 heteroatoms. The zero-order chi connectivity index (χ0) is 20.3. The summed E-state index contributed by atoms with van der Waals surface area (Å²) in [6, 6.07) is 0. The molecule has 2 saturated heterocycles. The molecule has 0 aliphatic carbocycles. The highest BCUT2D eigenvalue weighted by Crippen LogP contribution is 2.29. The van der Waals surface area contributed by atoms with Crippen LogP contribution in [0.2, 0.25) is 0 Å². The van der Waals surface area contributed by atoms with Crippen molar-refractivity contribution in [1.29, 1.82) is 0 Å². The maximum absolute atomic E-state index is 15.0. The summed E-state index contributed by atoms with van der Waals surface area (Å²) in [5.41, 5.74) is 0. The SMILES string of the molecule is CCN1CCN(c2nc(F)c(F)c(S(=O)(=O)CCN3CCOCC3)c2F)CC1. The van der Waals surface area contributed by atoms with Crippen LogP contribution in [-0.4, -0.2) is 94.5 Å². The number of pyridine rings is 1. The number of anilines is 1. The van der Waals surface area contributed by atoms with Crippen LogP contribution in [-0.2, 0) is 14.6 Å². The van der Waals surface area contributed by atoms with Crippen LogP contribution in [0.3, 0.4) is 0 Å². The van der Waals surface area contributed by atoms with E-state index >= 15 is 4.39 Å². The number of likely N-dealkylation sites (N-methyl/N-ethyl adjacent to an activating group) is 1. The minimum absolute atomic E-state index is 0.0963. The zero-order valence-electron chi connectivity index (χ0n) is 15.8. The summed E-state index contributed by atoms with van der Waals surface area (Å²) in [7, 11) is -4.37. The van der Waals surface area contributed by atoms with Crippen molar-refractivity contribution in [2.75, 3.05) is 76.2 Å². The Kier molecular flexibility index (Phi) is 6.79. The molecule has 2 aliphatic heterocycles. The van der Waals surface area contributed by atoms with Crippen molar-refractivity contribution in [3.8, 4) is 0 Å². The number of sulfone groups is 1. The van der Waals surface area contributed by atoms with E-state index in [4.69, 9.17) is 4.74 Å². The van der Waals surface area contributed by atoms with Crippen molar-refractivity contribution < 1.29 is 26.3 Å². The van der Waals surface area contributed by atoms with E-state index in [1.807, 2.05) is 11.8 Å². The first kappa shape index (κ1) is 21.3. The number of aromatic nitrogens is 1. The van der Waals surface area contributed by atoms with Gasteiger partial charge in [0.2, 0.25) is 0 Å². The molecule has 0 aromatic carbocycles. The van der Waals surface area contributed by atoms with Gasteiger partial charge in [-0.1, -0.05) is 6.92 Å². The van der Waals surface area contributed by atoms with E-state index in [1.54, 1.807) is 0 Å². The summed E-state index contributed by atoms with van der Waals surface area (Å²) in [6.07, 6.45) is 0. The first-order chi connectivity index (χ1) is 13.3. The first-order valence-electron chi connectivity index (χ1n) is 9.38. The number of piperazine rings is 1. The van der Waals surface area contributed by atoms with Crippen molar-refractivity contribution in [1.82, 2.24) is 14.8 Å². The van der Waals surface area contributed by atoms with Crippen molar-refractivity contribution in [3.05, 3.63) is 17.6 Å². The fraction of sp³-hybridized carbons (Fsp3) is 0.706. The second-order valence-corrected chi connectivity index (χ2v) is 8.92. The van der Waals surface area contributed by atoms with Gasteiger partial charge in [0.15, 0.2) is 27.3 Å². The normalized spacial score (nSPS) is 19.9. The Balaban J connectivity index is 1.84. The van der Waals surface area contributed by atoms with Gasteiger partial charge >= 0.3 is 0 Å². The lowest BCUT2D eigenvalue weighted by Gasteiger charge is -2.35. The lowest BCUT2D eigenvalue weighted by atomic mass is 10.3. The Morgan fingerprint density at radius 1 is 0.964 bits per heavy atom. The molecule has 28 heavy (non-hydrogen) atoms. The van der Waals surface area contributed by atoms with Crippen LogP contribution >= 0.6 is 0 Å². The predicted molar refractivity (Wildman–Crippen MR) is 97.7 cm³/mol. The van der Waals surface area contributed by atoms with Crippen molar-refractivity contribution in [3.63, 3.8) is 0 Å². The minimum atomic E-state index is -4.37. The van der Waals surface area contributed by atoms with Gasteiger partial charge in [0.25, 0.3) is 5.95 Å². The van der Waals surface area contributed by atoms with Gasteiger partial charge in [-0.25, -0.2) is 17.2 Å². The monoisotopic (exact) mass is 422 g/mol. The van der Waals surface area contributed by atoms with E-state index < -0.39 is 43.9 Å². The van der Waals surface area contributed by atoms with Gasteiger partial charge in [0, 0.05) is 45.8 Å². The standard InChI is InChI=1S/C17H25F3N4O3S/c1-2-22-3-5-24(6-4-22)17-14(19)15(13(18)16(20)21-17)28(25,26)12-9-23-7-10-27-11-8-23/h2-12H2,1H3. The Bertz CT molecular complexity index is 795. The maximum Gasteiger partial charge on any atom is 0.252 e. The highest BCUT2D eigenvalue weighted by molar-refractivity contribution is 7.91. The third-order valence-electron chi connectivity index (χ3n) is 5.19. The molecular weight excluding hydrogens is 397 g/mol. The number of halogens is 3. The molecule has 3 rings (SSSR count). The largest absolute Gasteiger partial charge is 0.379 e. The van der Waals surface area contributed by atoms with E-state index in [0.29, 0.717) is 52.5 Å². The predicted octanol–water partition coefficient (Wildman–Crippen LogP) is 0.747. The molecule has 0 saturated carbocycles. The maximum atomic E-state index is 15.0. The molecule has 0 unspecified atom stereocenters. The average Bonchev–Trinajstić information content (AvgIpc) is 2.70. The van der Waals surface area contributed by atoms with Crippen molar-refractivity contribution >= 4 is 15.7 Å².